The number of piperidine rings is 1. The van der Waals surface area contributed by atoms with Gasteiger partial charge in [0.1, 0.15) is 0 Å². The molecule has 0 bridgehead atoms. The van der Waals surface area contributed by atoms with Gasteiger partial charge < -0.3 is 9.84 Å². The van der Waals surface area contributed by atoms with Crippen LogP contribution < -0.4 is 0 Å². The average molecular weight is 332 g/mol. The molecule has 0 aromatic carbocycles. The van der Waals surface area contributed by atoms with Crippen LogP contribution >= 0.6 is 0 Å². The van der Waals surface area contributed by atoms with Crippen molar-refractivity contribution in [2.45, 2.75) is 70.7 Å². The van der Waals surface area contributed by atoms with Gasteiger partial charge in [0.15, 0.2) is 5.79 Å². The summed E-state index contributed by atoms with van der Waals surface area (Å²) in [6.07, 6.45) is 2.68. The molecule has 1 aliphatic heterocycles. The molecule has 0 aromatic heterocycles. The first-order valence-corrected chi connectivity index (χ1v) is 6.71. The molecular formula is C14H29NO2Y. The average Bonchev–Trinajstić information content (AvgIpc) is 2.34. The fourth-order valence-electron chi connectivity index (χ4n) is 3.36. The third-order valence-electron chi connectivity index (χ3n) is 5.65. The minimum absolute atomic E-state index is 0. The van der Waals surface area contributed by atoms with E-state index in [1.807, 2.05) is 0 Å². The van der Waals surface area contributed by atoms with E-state index in [2.05, 4.69) is 46.6 Å². The van der Waals surface area contributed by atoms with Crippen LogP contribution in [0.25, 0.3) is 0 Å². The van der Waals surface area contributed by atoms with Gasteiger partial charge >= 0.3 is 0 Å². The van der Waals surface area contributed by atoms with Gasteiger partial charge in [-0.25, -0.2) is 0 Å². The first kappa shape index (κ1) is 19.0. The Balaban J connectivity index is 0.00000289. The number of aliphatic hydroxyl groups is 1. The topological polar surface area (TPSA) is 32.7 Å². The van der Waals surface area contributed by atoms with Crippen molar-refractivity contribution in [1.82, 2.24) is 4.90 Å². The second kappa shape index (κ2) is 6.18. The van der Waals surface area contributed by atoms with E-state index in [1.165, 1.54) is 0 Å². The third-order valence-corrected chi connectivity index (χ3v) is 5.65. The van der Waals surface area contributed by atoms with Crippen molar-refractivity contribution in [1.29, 1.82) is 0 Å². The van der Waals surface area contributed by atoms with Crippen molar-refractivity contribution >= 4 is 0 Å². The Morgan fingerprint density at radius 1 is 1.28 bits per heavy atom. The molecule has 1 aliphatic rings. The Labute approximate surface area is 138 Å². The zero-order valence-corrected chi connectivity index (χ0v) is 15.9. The number of hydrogen-bond acceptors (Lipinski definition) is 3. The Bertz CT molecular complexity index is 265. The van der Waals surface area contributed by atoms with Gasteiger partial charge in [-0.3, -0.25) is 4.90 Å². The van der Waals surface area contributed by atoms with E-state index in [9.17, 15) is 5.11 Å². The number of nitrogens with zero attached hydrogens (tertiary/aromatic N) is 1. The second-order valence-electron chi connectivity index (χ2n) is 6.07. The normalized spacial score (nSPS) is 45.7. The predicted molar refractivity (Wildman–Crippen MR) is 70.9 cm³/mol. The standard InChI is InChI=1S/C14H29NO2.Y/c1-8-12(4)10-14(16,17-7)11(3)13(5,9-2)15(12)6;/h11,16H,8-10H2,1-7H3;. The molecule has 0 saturated carbocycles. The van der Waals surface area contributed by atoms with Crippen molar-refractivity contribution in [3.05, 3.63) is 0 Å². The van der Waals surface area contributed by atoms with Crippen molar-refractivity contribution in [3.63, 3.8) is 0 Å². The molecule has 18 heavy (non-hydrogen) atoms. The summed E-state index contributed by atoms with van der Waals surface area (Å²) in [5.74, 6) is -0.920. The maximum absolute atomic E-state index is 10.8. The van der Waals surface area contributed by atoms with E-state index in [4.69, 9.17) is 4.74 Å². The Morgan fingerprint density at radius 2 is 1.78 bits per heavy atom. The second-order valence-corrected chi connectivity index (χ2v) is 6.07. The van der Waals surface area contributed by atoms with Crippen LogP contribution in [0.15, 0.2) is 0 Å². The minimum atomic E-state index is -1.01. The molecule has 1 heterocycles. The summed E-state index contributed by atoms with van der Waals surface area (Å²) in [4.78, 5) is 2.44. The minimum Gasteiger partial charge on any atom is -0.365 e. The molecule has 4 unspecified atom stereocenters. The SMILES string of the molecule is CCC1(C)CC(O)(OC)C(C)C(C)(CC)N1C.[Y]. The molecule has 0 spiro atoms. The zero-order chi connectivity index (χ0) is 13.5. The van der Waals surface area contributed by atoms with E-state index < -0.39 is 5.79 Å². The van der Waals surface area contributed by atoms with E-state index in [-0.39, 0.29) is 49.7 Å². The first-order valence-electron chi connectivity index (χ1n) is 6.71. The van der Waals surface area contributed by atoms with Gasteiger partial charge in [0.2, 0.25) is 0 Å². The van der Waals surface area contributed by atoms with Crippen LogP contribution in [-0.2, 0) is 37.4 Å². The maximum Gasteiger partial charge on any atom is 0.171 e. The van der Waals surface area contributed by atoms with Crippen LogP contribution in [0.4, 0.5) is 0 Å². The monoisotopic (exact) mass is 332 g/mol. The van der Waals surface area contributed by atoms with E-state index in [0.717, 1.165) is 12.8 Å². The molecule has 4 heteroatoms. The van der Waals surface area contributed by atoms with E-state index in [0.29, 0.717) is 6.42 Å². The van der Waals surface area contributed by atoms with Crippen molar-refractivity contribution < 1.29 is 42.6 Å². The molecule has 1 saturated heterocycles. The molecule has 1 N–H and O–H groups in total. The fraction of sp³-hybridized carbons (Fsp3) is 1.00. The molecule has 4 atom stereocenters. The van der Waals surface area contributed by atoms with Crippen LogP contribution in [0.5, 0.6) is 0 Å². The van der Waals surface area contributed by atoms with Gasteiger partial charge in [-0.05, 0) is 33.7 Å². The van der Waals surface area contributed by atoms with Crippen LogP contribution in [-0.4, -0.2) is 41.0 Å². The van der Waals surface area contributed by atoms with Gasteiger partial charge in [-0.2, -0.15) is 0 Å². The summed E-state index contributed by atoms with van der Waals surface area (Å²) in [6, 6.07) is 0. The molecule has 105 valence electrons. The first-order chi connectivity index (χ1) is 7.70. The van der Waals surface area contributed by atoms with Crippen LogP contribution in [0, 0.1) is 5.92 Å². The van der Waals surface area contributed by atoms with Crippen molar-refractivity contribution in [2.24, 2.45) is 5.92 Å². The van der Waals surface area contributed by atoms with Crippen molar-refractivity contribution in [3.8, 4) is 0 Å². The van der Waals surface area contributed by atoms with Gasteiger partial charge in [0, 0.05) is 63.2 Å². The summed E-state index contributed by atoms with van der Waals surface area (Å²) in [6.45, 7) is 10.9. The van der Waals surface area contributed by atoms with Crippen LogP contribution in [0.1, 0.15) is 53.9 Å². The van der Waals surface area contributed by atoms with Gasteiger partial charge in [-0.15, -0.1) is 0 Å². The zero-order valence-electron chi connectivity index (χ0n) is 13.1. The summed E-state index contributed by atoms with van der Waals surface area (Å²) in [5, 5.41) is 10.8. The number of rotatable bonds is 3. The van der Waals surface area contributed by atoms with Crippen LogP contribution in [0.2, 0.25) is 0 Å². The molecule has 1 radical (unpaired) electrons. The maximum atomic E-state index is 10.8. The number of ether oxygens (including phenoxy) is 1. The van der Waals surface area contributed by atoms with Gasteiger partial charge in [0.05, 0.1) is 0 Å². The Hall–Kier alpha value is 0.984. The molecule has 0 aromatic rings. The summed E-state index contributed by atoms with van der Waals surface area (Å²) in [5.41, 5.74) is -0.0458. The van der Waals surface area contributed by atoms with E-state index in [1.54, 1.807) is 7.11 Å². The summed E-state index contributed by atoms with van der Waals surface area (Å²) < 4.78 is 5.46. The molecule has 0 amide bonds. The molecule has 1 fully saturated rings. The Morgan fingerprint density at radius 3 is 2.11 bits per heavy atom. The van der Waals surface area contributed by atoms with E-state index >= 15 is 0 Å². The quantitative estimate of drug-likeness (QED) is 0.807. The largest absolute Gasteiger partial charge is 0.365 e. The molecule has 3 nitrogen and oxygen atoms in total. The molecular weight excluding hydrogens is 303 g/mol. The Kier molecular flexibility index (Phi) is 6.51. The summed E-state index contributed by atoms with van der Waals surface area (Å²) in [7, 11) is 3.80. The number of hydrogen-bond donors (Lipinski definition) is 1. The number of methoxy groups -OCH3 is 1. The van der Waals surface area contributed by atoms with Crippen LogP contribution in [0.3, 0.4) is 0 Å². The summed E-state index contributed by atoms with van der Waals surface area (Å²) >= 11 is 0. The number of likely N-dealkylation sites (tertiary alicyclic amines) is 1. The predicted octanol–water partition coefficient (Wildman–Crippen LogP) is 2.63. The van der Waals surface area contributed by atoms with Gasteiger partial charge in [-0.1, -0.05) is 20.8 Å². The third kappa shape index (κ3) is 2.71. The fourth-order valence-corrected chi connectivity index (χ4v) is 3.36. The van der Waals surface area contributed by atoms with Gasteiger partial charge in [0.25, 0.3) is 0 Å². The molecule has 1 rings (SSSR count). The van der Waals surface area contributed by atoms with Crippen molar-refractivity contribution in [2.75, 3.05) is 14.2 Å². The smallest absolute Gasteiger partial charge is 0.171 e. The molecule has 0 aliphatic carbocycles.